The number of carbonyl (C=O) groups excluding carboxylic acids is 2. The summed E-state index contributed by atoms with van der Waals surface area (Å²) >= 11 is 0. The molecule has 2 aromatic carbocycles. The van der Waals surface area contributed by atoms with Gasteiger partial charge in [-0.2, -0.15) is 0 Å². The van der Waals surface area contributed by atoms with Crippen LogP contribution in [0.3, 0.4) is 0 Å². The number of hydrogen-bond acceptors (Lipinski definition) is 4. The lowest BCUT2D eigenvalue weighted by Crippen LogP contribution is -2.50. The Morgan fingerprint density at radius 1 is 1.00 bits per heavy atom. The van der Waals surface area contributed by atoms with Crippen LogP contribution in [0.25, 0.3) is 0 Å². The molecule has 0 aliphatic rings. The van der Waals surface area contributed by atoms with E-state index in [9.17, 15) is 9.59 Å². The van der Waals surface area contributed by atoms with Crippen LogP contribution in [-0.2, 0) is 4.79 Å². The Kier molecular flexibility index (Phi) is 8.27. The standard InChI is InChI=1S/C24H32N2O4/c1-7-30-19-11-9-18(10-12-19)23(27)26-22(15(2)3)24(28)25-17(5)20-14-16(4)8-13-21(20)29-6/h8-15,17,22H,7H2,1-6H3,(H,25,28)(H,26,27). The van der Waals surface area contributed by atoms with Gasteiger partial charge >= 0.3 is 0 Å². The molecule has 0 bridgehead atoms. The molecule has 0 aromatic heterocycles. The summed E-state index contributed by atoms with van der Waals surface area (Å²) in [7, 11) is 1.61. The molecule has 162 valence electrons. The van der Waals surface area contributed by atoms with Crippen molar-refractivity contribution in [2.24, 2.45) is 5.92 Å². The zero-order valence-electron chi connectivity index (χ0n) is 18.6. The minimum atomic E-state index is -0.665. The molecule has 0 saturated heterocycles. The molecule has 2 rings (SSSR count). The fourth-order valence-corrected chi connectivity index (χ4v) is 3.20. The molecule has 0 spiro atoms. The van der Waals surface area contributed by atoms with E-state index in [1.54, 1.807) is 31.4 Å². The maximum atomic E-state index is 13.0. The van der Waals surface area contributed by atoms with E-state index >= 15 is 0 Å². The normalized spacial score (nSPS) is 12.8. The van der Waals surface area contributed by atoms with Gasteiger partial charge < -0.3 is 20.1 Å². The Labute approximate surface area is 179 Å². The molecule has 0 saturated carbocycles. The summed E-state index contributed by atoms with van der Waals surface area (Å²) in [5, 5.41) is 5.87. The average molecular weight is 413 g/mol. The number of amides is 2. The number of aryl methyl sites for hydroxylation is 1. The van der Waals surface area contributed by atoms with Crippen molar-refractivity contribution < 1.29 is 19.1 Å². The van der Waals surface area contributed by atoms with Crippen molar-refractivity contribution in [3.63, 3.8) is 0 Å². The molecule has 0 radical (unpaired) electrons. The van der Waals surface area contributed by atoms with Crippen molar-refractivity contribution in [1.82, 2.24) is 10.6 Å². The minimum absolute atomic E-state index is 0.0803. The third kappa shape index (κ3) is 5.99. The van der Waals surface area contributed by atoms with Crippen LogP contribution in [0.5, 0.6) is 11.5 Å². The number of ether oxygens (including phenoxy) is 2. The average Bonchev–Trinajstić information content (AvgIpc) is 2.72. The van der Waals surface area contributed by atoms with Crippen LogP contribution in [0, 0.1) is 12.8 Å². The van der Waals surface area contributed by atoms with Crippen molar-refractivity contribution >= 4 is 11.8 Å². The highest BCUT2D eigenvalue weighted by atomic mass is 16.5. The van der Waals surface area contributed by atoms with Gasteiger partial charge in [-0.05, 0) is 57.0 Å². The highest BCUT2D eigenvalue weighted by Gasteiger charge is 2.26. The molecule has 0 aliphatic carbocycles. The number of nitrogens with one attached hydrogen (secondary N) is 2. The first kappa shape index (κ1) is 23.3. The molecule has 6 nitrogen and oxygen atoms in total. The third-order valence-corrected chi connectivity index (χ3v) is 4.87. The summed E-state index contributed by atoms with van der Waals surface area (Å²) in [5.74, 6) is 0.803. The Morgan fingerprint density at radius 3 is 2.23 bits per heavy atom. The summed E-state index contributed by atoms with van der Waals surface area (Å²) in [6.45, 7) is 10.2. The van der Waals surface area contributed by atoms with Crippen LogP contribution in [0.4, 0.5) is 0 Å². The van der Waals surface area contributed by atoms with Crippen molar-refractivity contribution in [1.29, 1.82) is 0 Å². The highest BCUT2D eigenvalue weighted by molar-refractivity contribution is 5.97. The van der Waals surface area contributed by atoms with Crippen LogP contribution in [0.15, 0.2) is 42.5 Å². The lowest BCUT2D eigenvalue weighted by atomic mass is 10.0. The minimum Gasteiger partial charge on any atom is -0.496 e. The van der Waals surface area contributed by atoms with E-state index in [1.165, 1.54) is 0 Å². The van der Waals surface area contributed by atoms with E-state index in [0.29, 0.717) is 23.7 Å². The van der Waals surface area contributed by atoms with Gasteiger partial charge in [-0.3, -0.25) is 9.59 Å². The zero-order valence-corrected chi connectivity index (χ0v) is 18.6. The molecule has 30 heavy (non-hydrogen) atoms. The van der Waals surface area contributed by atoms with E-state index in [1.807, 2.05) is 52.8 Å². The Balaban J connectivity index is 2.11. The lowest BCUT2D eigenvalue weighted by Gasteiger charge is -2.25. The molecule has 2 amide bonds. The Bertz CT molecular complexity index is 862. The monoisotopic (exact) mass is 412 g/mol. The third-order valence-electron chi connectivity index (χ3n) is 4.87. The first-order chi connectivity index (χ1) is 14.3. The zero-order chi connectivity index (χ0) is 22.3. The van der Waals surface area contributed by atoms with Crippen LogP contribution < -0.4 is 20.1 Å². The fourth-order valence-electron chi connectivity index (χ4n) is 3.20. The quantitative estimate of drug-likeness (QED) is 0.652. The second kappa shape index (κ2) is 10.7. The summed E-state index contributed by atoms with van der Waals surface area (Å²) in [5.41, 5.74) is 2.45. The fraction of sp³-hybridized carbons (Fsp3) is 0.417. The molecule has 2 unspecified atom stereocenters. The smallest absolute Gasteiger partial charge is 0.251 e. The predicted molar refractivity (Wildman–Crippen MR) is 118 cm³/mol. The van der Waals surface area contributed by atoms with Crippen molar-refractivity contribution in [3.05, 3.63) is 59.2 Å². The van der Waals surface area contributed by atoms with E-state index < -0.39 is 6.04 Å². The van der Waals surface area contributed by atoms with Gasteiger partial charge in [0, 0.05) is 11.1 Å². The first-order valence-electron chi connectivity index (χ1n) is 10.3. The second-order valence-electron chi connectivity index (χ2n) is 7.63. The second-order valence-corrected chi connectivity index (χ2v) is 7.63. The van der Waals surface area contributed by atoms with Gasteiger partial charge in [0.15, 0.2) is 0 Å². The largest absolute Gasteiger partial charge is 0.496 e. The topological polar surface area (TPSA) is 76.7 Å². The molecular formula is C24H32N2O4. The molecule has 0 fully saturated rings. The van der Waals surface area contributed by atoms with Crippen LogP contribution in [0.2, 0.25) is 0 Å². The SMILES string of the molecule is CCOc1ccc(C(=O)NC(C(=O)NC(C)c2cc(C)ccc2OC)C(C)C)cc1. The molecule has 2 N–H and O–H groups in total. The van der Waals surface area contributed by atoms with Crippen molar-refractivity contribution in [2.45, 2.75) is 46.7 Å². The number of hydrogen-bond donors (Lipinski definition) is 2. The van der Waals surface area contributed by atoms with Crippen LogP contribution >= 0.6 is 0 Å². The van der Waals surface area contributed by atoms with Crippen LogP contribution in [-0.4, -0.2) is 31.6 Å². The van der Waals surface area contributed by atoms with Gasteiger partial charge in [-0.15, -0.1) is 0 Å². The Morgan fingerprint density at radius 2 is 1.67 bits per heavy atom. The first-order valence-corrected chi connectivity index (χ1v) is 10.3. The maximum absolute atomic E-state index is 13.0. The van der Waals surface area contributed by atoms with Gasteiger partial charge in [0.2, 0.25) is 5.91 Å². The molecule has 6 heteroatoms. The van der Waals surface area contributed by atoms with Gasteiger partial charge in [0.25, 0.3) is 5.91 Å². The number of carbonyl (C=O) groups is 2. The van der Waals surface area contributed by atoms with Gasteiger partial charge in [-0.25, -0.2) is 0 Å². The summed E-state index contributed by atoms with van der Waals surface area (Å²) in [4.78, 5) is 25.7. The van der Waals surface area contributed by atoms with Gasteiger partial charge in [0.1, 0.15) is 17.5 Å². The van der Waals surface area contributed by atoms with Gasteiger partial charge in [-0.1, -0.05) is 31.5 Å². The number of benzene rings is 2. The van der Waals surface area contributed by atoms with Crippen LogP contribution in [0.1, 0.15) is 55.2 Å². The summed E-state index contributed by atoms with van der Waals surface area (Å²) in [6.07, 6.45) is 0. The maximum Gasteiger partial charge on any atom is 0.251 e. The number of methoxy groups -OCH3 is 1. The lowest BCUT2D eigenvalue weighted by molar-refractivity contribution is -0.124. The van der Waals surface area contributed by atoms with Crippen molar-refractivity contribution in [2.75, 3.05) is 13.7 Å². The van der Waals surface area contributed by atoms with Gasteiger partial charge in [0.05, 0.1) is 19.8 Å². The summed E-state index contributed by atoms with van der Waals surface area (Å²) in [6, 6.07) is 11.8. The molecule has 0 aliphatic heterocycles. The highest BCUT2D eigenvalue weighted by Crippen LogP contribution is 2.26. The van der Waals surface area contributed by atoms with E-state index in [-0.39, 0.29) is 23.8 Å². The van der Waals surface area contributed by atoms with E-state index in [0.717, 1.165) is 11.1 Å². The molecule has 2 atom stereocenters. The van der Waals surface area contributed by atoms with E-state index in [2.05, 4.69) is 10.6 Å². The molecule has 0 heterocycles. The molecule has 2 aromatic rings. The van der Waals surface area contributed by atoms with Crippen molar-refractivity contribution in [3.8, 4) is 11.5 Å². The Hall–Kier alpha value is -3.02. The summed E-state index contributed by atoms with van der Waals surface area (Å²) < 4.78 is 10.8. The number of rotatable bonds is 9. The molecular weight excluding hydrogens is 380 g/mol. The predicted octanol–water partition coefficient (Wildman–Crippen LogP) is 4.03. The van der Waals surface area contributed by atoms with E-state index in [4.69, 9.17) is 9.47 Å².